The third-order valence-corrected chi connectivity index (χ3v) is 2.53. The number of carboxylic acid groups (broad SMARTS) is 1. The molecule has 0 aromatic heterocycles. The Kier molecular flexibility index (Phi) is 13.4. The molecule has 21 heavy (non-hydrogen) atoms. The van der Waals surface area contributed by atoms with Gasteiger partial charge in [0, 0.05) is 24.0 Å². The van der Waals surface area contributed by atoms with E-state index in [1.165, 1.54) is 0 Å². The van der Waals surface area contributed by atoms with Gasteiger partial charge in [-0.15, -0.1) is 0 Å². The van der Waals surface area contributed by atoms with E-state index in [4.69, 9.17) is 9.47 Å². The second kappa shape index (κ2) is 12.3. The molecule has 6 nitrogen and oxygen atoms in total. The van der Waals surface area contributed by atoms with E-state index in [0.29, 0.717) is 0 Å². The Labute approximate surface area is 173 Å². The first kappa shape index (κ1) is 23.0. The zero-order valence-corrected chi connectivity index (χ0v) is 17.6. The molecule has 0 rings (SSSR count). The standard InChI is InChI=1S/C14H20O6.Rb/c1-5-12(15)19-9(3)7-11(14(17)18)8-10(4)20-13(16)6-2;/h5-6,9-11H,1-2,7-8H2,3-4H3,(H,17,18);/q;+1/p-1. The van der Waals surface area contributed by atoms with Crippen LogP contribution < -0.4 is 63.3 Å². The zero-order chi connectivity index (χ0) is 15.7. The normalized spacial score (nSPS) is 13.8. The Morgan fingerprint density at radius 3 is 1.57 bits per heavy atom. The number of carbonyl (C=O) groups excluding carboxylic acids is 3. The van der Waals surface area contributed by atoms with Crippen LogP contribution in [0.1, 0.15) is 26.7 Å². The number of aliphatic carboxylic acids is 1. The summed E-state index contributed by atoms with van der Waals surface area (Å²) in [6, 6.07) is 0. The molecule has 0 aromatic rings. The van der Waals surface area contributed by atoms with Crippen molar-refractivity contribution in [2.24, 2.45) is 5.92 Å². The molecule has 0 aliphatic heterocycles. The molecule has 112 valence electrons. The van der Waals surface area contributed by atoms with Crippen LogP contribution >= 0.6 is 0 Å². The van der Waals surface area contributed by atoms with E-state index in [2.05, 4.69) is 13.2 Å². The van der Waals surface area contributed by atoms with Gasteiger partial charge in [-0.1, -0.05) is 13.2 Å². The van der Waals surface area contributed by atoms with Crippen molar-refractivity contribution >= 4 is 17.9 Å². The Balaban J connectivity index is 0. The Hall–Kier alpha value is -0.305. The van der Waals surface area contributed by atoms with Gasteiger partial charge in [-0.25, -0.2) is 9.59 Å². The van der Waals surface area contributed by atoms with Crippen LogP contribution in [0.2, 0.25) is 0 Å². The molecule has 0 aromatic carbocycles. The number of rotatable bonds is 9. The molecule has 0 heterocycles. The van der Waals surface area contributed by atoms with Crippen LogP contribution in [0, 0.1) is 5.92 Å². The van der Waals surface area contributed by atoms with Gasteiger partial charge in [0.05, 0.1) is 12.2 Å². The molecule has 0 aliphatic rings. The first-order chi connectivity index (χ1) is 9.29. The van der Waals surface area contributed by atoms with Crippen molar-refractivity contribution in [2.45, 2.75) is 38.9 Å². The molecule has 0 aliphatic carbocycles. The number of hydrogen-bond acceptors (Lipinski definition) is 6. The Morgan fingerprint density at radius 1 is 1.00 bits per heavy atom. The van der Waals surface area contributed by atoms with Crippen LogP contribution in [0.5, 0.6) is 0 Å². The fourth-order valence-electron chi connectivity index (χ4n) is 1.68. The largest absolute Gasteiger partial charge is 1.00 e. The van der Waals surface area contributed by atoms with Crippen LogP contribution in [0.25, 0.3) is 0 Å². The molecule has 0 bridgehead atoms. The molecular weight excluding hydrogens is 350 g/mol. The van der Waals surface area contributed by atoms with Crippen molar-refractivity contribution in [3.63, 3.8) is 0 Å². The second-order valence-electron chi connectivity index (χ2n) is 4.39. The van der Waals surface area contributed by atoms with E-state index in [1.807, 2.05) is 0 Å². The van der Waals surface area contributed by atoms with Crippen molar-refractivity contribution in [3.8, 4) is 0 Å². The summed E-state index contributed by atoms with van der Waals surface area (Å²) in [6.45, 7) is 9.63. The quantitative estimate of drug-likeness (QED) is 0.326. The van der Waals surface area contributed by atoms with Crippen LogP contribution in [0.3, 0.4) is 0 Å². The number of carboxylic acids is 1. The smallest absolute Gasteiger partial charge is 0.550 e. The summed E-state index contributed by atoms with van der Waals surface area (Å²) in [7, 11) is 0. The van der Waals surface area contributed by atoms with Crippen molar-refractivity contribution in [1.29, 1.82) is 0 Å². The number of hydrogen-bond donors (Lipinski definition) is 0. The van der Waals surface area contributed by atoms with Gasteiger partial charge in [-0.3, -0.25) is 0 Å². The van der Waals surface area contributed by atoms with Crippen molar-refractivity contribution in [2.75, 3.05) is 0 Å². The Morgan fingerprint density at radius 2 is 1.33 bits per heavy atom. The van der Waals surface area contributed by atoms with Gasteiger partial charge in [0.25, 0.3) is 0 Å². The maximum Gasteiger partial charge on any atom is 1.00 e. The van der Waals surface area contributed by atoms with Crippen LogP contribution in [-0.2, 0) is 23.9 Å². The van der Waals surface area contributed by atoms with E-state index in [-0.39, 0.29) is 71.0 Å². The first-order valence-electron chi connectivity index (χ1n) is 6.17. The van der Waals surface area contributed by atoms with E-state index in [1.54, 1.807) is 13.8 Å². The van der Waals surface area contributed by atoms with Crippen molar-refractivity contribution in [1.82, 2.24) is 0 Å². The van der Waals surface area contributed by atoms with Gasteiger partial charge in [-0.2, -0.15) is 0 Å². The predicted octanol–water partition coefficient (Wildman–Crippen LogP) is -2.63. The molecule has 7 heteroatoms. The molecule has 0 saturated heterocycles. The molecule has 0 N–H and O–H groups in total. The first-order valence-corrected chi connectivity index (χ1v) is 6.17. The molecule has 0 fully saturated rings. The summed E-state index contributed by atoms with van der Waals surface area (Å²) >= 11 is 0. The molecule has 0 spiro atoms. The minimum absolute atomic E-state index is 0. The summed E-state index contributed by atoms with van der Waals surface area (Å²) in [5, 5.41) is 11.0. The molecule has 0 amide bonds. The van der Waals surface area contributed by atoms with E-state index >= 15 is 0 Å². The van der Waals surface area contributed by atoms with Gasteiger partial charge < -0.3 is 19.4 Å². The number of carbonyl (C=O) groups is 3. The maximum atomic E-state index is 11.0. The zero-order valence-electron chi connectivity index (χ0n) is 12.7. The van der Waals surface area contributed by atoms with Crippen LogP contribution in [0.4, 0.5) is 0 Å². The van der Waals surface area contributed by atoms with Crippen molar-refractivity contribution < 1.29 is 87.2 Å². The number of esters is 2. The maximum absolute atomic E-state index is 11.0. The average molecular weight is 369 g/mol. The summed E-state index contributed by atoms with van der Waals surface area (Å²) in [5.41, 5.74) is 0. The summed E-state index contributed by atoms with van der Waals surface area (Å²) in [5.74, 6) is -3.43. The summed E-state index contributed by atoms with van der Waals surface area (Å²) in [6.07, 6.45) is 0.921. The fraction of sp³-hybridized carbons (Fsp3) is 0.500. The molecule has 2 unspecified atom stereocenters. The third-order valence-electron chi connectivity index (χ3n) is 2.53. The van der Waals surface area contributed by atoms with E-state index < -0.39 is 36.0 Å². The van der Waals surface area contributed by atoms with Gasteiger partial charge in [0.2, 0.25) is 0 Å². The molecule has 0 saturated carbocycles. The molecular formula is C14H19O6Rb. The van der Waals surface area contributed by atoms with Gasteiger partial charge in [0.1, 0.15) is 0 Å². The molecule has 0 radical (unpaired) electrons. The molecule has 2 atom stereocenters. The predicted molar refractivity (Wildman–Crippen MR) is 69.2 cm³/mol. The second-order valence-corrected chi connectivity index (χ2v) is 4.39. The van der Waals surface area contributed by atoms with Gasteiger partial charge in [-0.05, 0) is 26.7 Å². The minimum atomic E-state index is -1.28. The van der Waals surface area contributed by atoms with Gasteiger partial charge in [0.15, 0.2) is 0 Å². The van der Waals surface area contributed by atoms with Gasteiger partial charge >= 0.3 is 70.1 Å². The minimum Gasteiger partial charge on any atom is -0.550 e. The number of ether oxygens (including phenoxy) is 2. The van der Waals surface area contributed by atoms with Crippen LogP contribution in [0.15, 0.2) is 25.3 Å². The topological polar surface area (TPSA) is 92.7 Å². The average Bonchev–Trinajstić information content (AvgIpc) is 2.37. The van der Waals surface area contributed by atoms with Crippen molar-refractivity contribution in [3.05, 3.63) is 25.3 Å². The van der Waals surface area contributed by atoms with E-state index in [9.17, 15) is 19.5 Å². The third kappa shape index (κ3) is 11.0. The monoisotopic (exact) mass is 368 g/mol. The summed E-state index contributed by atoms with van der Waals surface area (Å²) < 4.78 is 9.78. The summed E-state index contributed by atoms with van der Waals surface area (Å²) in [4.78, 5) is 33.0. The SMILES string of the molecule is C=CC(=O)OC(C)CC(CC(C)OC(=O)C=C)C(=O)[O-].[Rb+]. The van der Waals surface area contributed by atoms with Crippen LogP contribution in [-0.4, -0.2) is 30.1 Å². The fourth-order valence-corrected chi connectivity index (χ4v) is 1.68. The Bertz CT molecular complexity index is 363. The van der Waals surface area contributed by atoms with E-state index in [0.717, 1.165) is 12.2 Å².